The molecule has 3 rings (SSSR count). The Kier molecular flexibility index (Phi) is 6.74. The predicted molar refractivity (Wildman–Crippen MR) is 113 cm³/mol. The van der Waals surface area contributed by atoms with E-state index in [4.69, 9.17) is 4.74 Å². The summed E-state index contributed by atoms with van der Waals surface area (Å²) in [5.74, 6) is 0. The van der Waals surface area contributed by atoms with E-state index in [1.807, 2.05) is 25.7 Å². The van der Waals surface area contributed by atoms with E-state index in [1.165, 1.54) is 11.1 Å². The van der Waals surface area contributed by atoms with Crippen molar-refractivity contribution < 1.29 is 9.53 Å². The van der Waals surface area contributed by atoms with Gasteiger partial charge < -0.3 is 9.64 Å². The van der Waals surface area contributed by atoms with Gasteiger partial charge in [0.1, 0.15) is 5.60 Å². The molecule has 1 heterocycles. The van der Waals surface area contributed by atoms with Gasteiger partial charge in [0.05, 0.1) is 0 Å². The SMILES string of the molecule is CC(C)(C)OC(=O)N1CCC(N(Cc2ccccc2)Cc2ccccc2)CC1. The normalized spacial score (nSPS) is 15.6. The molecule has 0 atom stereocenters. The number of carbonyl (C=O) groups is 1. The van der Waals surface area contributed by atoms with Crippen LogP contribution in [-0.4, -0.2) is 40.6 Å². The average Bonchev–Trinajstić information content (AvgIpc) is 2.68. The monoisotopic (exact) mass is 380 g/mol. The van der Waals surface area contributed by atoms with E-state index in [0.717, 1.165) is 39.0 Å². The van der Waals surface area contributed by atoms with Crippen LogP contribution in [0.2, 0.25) is 0 Å². The van der Waals surface area contributed by atoms with Crippen LogP contribution in [0, 0.1) is 0 Å². The molecule has 0 aromatic heterocycles. The number of amides is 1. The van der Waals surface area contributed by atoms with Crippen molar-refractivity contribution in [3.63, 3.8) is 0 Å². The summed E-state index contributed by atoms with van der Waals surface area (Å²) in [7, 11) is 0. The third-order valence-electron chi connectivity index (χ3n) is 5.09. The number of hydrogen-bond donors (Lipinski definition) is 0. The molecule has 1 aliphatic rings. The number of nitrogens with zero attached hydrogens (tertiary/aromatic N) is 2. The molecule has 0 saturated carbocycles. The van der Waals surface area contributed by atoms with Crippen LogP contribution in [0.4, 0.5) is 4.79 Å². The fourth-order valence-corrected chi connectivity index (χ4v) is 3.69. The van der Waals surface area contributed by atoms with Gasteiger partial charge in [-0.2, -0.15) is 0 Å². The van der Waals surface area contributed by atoms with Crippen molar-refractivity contribution in [1.82, 2.24) is 9.80 Å². The zero-order valence-electron chi connectivity index (χ0n) is 17.3. The van der Waals surface area contributed by atoms with Gasteiger partial charge in [0.25, 0.3) is 0 Å². The maximum absolute atomic E-state index is 12.4. The largest absolute Gasteiger partial charge is 0.444 e. The number of hydrogen-bond acceptors (Lipinski definition) is 3. The fourth-order valence-electron chi connectivity index (χ4n) is 3.69. The first-order valence-electron chi connectivity index (χ1n) is 10.2. The van der Waals surface area contributed by atoms with Gasteiger partial charge in [-0.25, -0.2) is 4.79 Å². The highest BCUT2D eigenvalue weighted by Gasteiger charge is 2.29. The Balaban J connectivity index is 1.65. The Bertz CT molecular complexity index is 691. The Morgan fingerprint density at radius 3 is 1.82 bits per heavy atom. The van der Waals surface area contributed by atoms with E-state index in [0.29, 0.717) is 6.04 Å². The number of carbonyl (C=O) groups excluding carboxylic acids is 1. The minimum Gasteiger partial charge on any atom is -0.444 e. The van der Waals surface area contributed by atoms with Crippen LogP contribution in [0.1, 0.15) is 44.7 Å². The number of likely N-dealkylation sites (tertiary alicyclic amines) is 1. The van der Waals surface area contributed by atoms with Crippen molar-refractivity contribution in [2.24, 2.45) is 0 Å². The van der Waals surface area contributed by atoms with E-state index in [9.17, 15) is 4.79 Å². The molecule has 28 heavy (non-hydrogen) atoms. The van der Waals surface area contributed by atoms with Crippen molar-refractivity contribution in [2.75, 3.05) is 13.1 Å². The van der Waals surface area contributed by atoms with E-state index < -0.39 is 5.60 Å². The summed E-state index contributed by atoms with van der Waals surface area (Å²) >= 11 is 0. The molecule has 1 fully saturated rings. The lowest BCUT2D eigenvalue weighted by atomic mass is 10.0. The lowest BCUT2D eigenvalue weighted by Gasteiger charge is -2.39. The molecule has 4 heteroatoms. The van der Waals surface area contributed by atoms with Crippen molar-refractivity contribution >= 4 is 6.09 Å². The first-order valence-corrected chi connectivity index (χ1v) is 10.2. The van der Waals surface area contributed by atoms with Gasteiger partial charge in [0, 0.05) is 32.2 Å². The summed E-state index contributed by atoms with van der Waals surface area (Å²) in [6, 6.07) is 21.7. The third kappa shape index (κ3) is 6.10. The second kappa shape index (κ2) is 9.24. The number of ether oxygens (including phenoxy) is 1. The highest BCUT2D eigenvalue weighted by Crippen LogP contribution is 2.23. The van der Waals surface area contributed by atoms with Crippen LogP contribution >= 0.6 is 0 Å². The zero-order valence-corrected chi connectivity index (χ0v) is 17.3. The molecule has 0 radical (unpaired) electrons. The van der Waals surface area contributed by atoms with E-state index in [1.54, 1.807) is 0 Å². The number of rotatable bonds is 5. The molecule has 0 unspecified atom stereocenters. The summed E-state index contributed by atoms with van der Waals surface area (Å²) in [4.78, 5) is 16.8. The van der Waals surface area contributed by atoms with Crippen LogP contribution in [0.25, 0.3) is 0 Å². The second-order valence-electron chi connectivity index (χ2n) is 8.57. The van der Waals surface area contributed by atoms with Gasteiger partial charge in [0.2, 0.25) is 0 Å². The Morgan fingerprint density at radius 2 is 1.39 bits per heavy atom. The average molecular weight is 381 g/mol. The summed E-state index contributed by atoms with van der Waals surface area (Å²) in [5, 5.41) is 0. The van der Waals surface area contributed by atoms with Gasteiger partial charge in [-0.3, -0.25) is 4.90 Å². The van der Waals surface area contributed by atoms with Gasteiger partial charge in [0.15, 0.2) is 0 Å². The molecular weight excluding hydrogens is 348 g/mol. The molecule has 1 saturated heterocycles. The van der Waals surface area contributed by atoms with Crippen LogP contribution in [0.15, 0.2) is 60.7 Å². The smallest absolute Gasteiger partial charge is 0.410 e. The third-order valence-corrected chi connectivity index (χ3v) is 5.09. The van der Waals surface area contributed by atoms with Gasteiger partial charge in [-0.05, 0) is 44.7 Å². The van der Waals surface area contributed by atoms with Gasteiger partial charge >= 0.3 is 6.09 Å². The van der Waals surface area contributed by atoms with Crippen molar-refractivity contribution in [1.29, 1.82) is 0 Å². The first kappa shape index (κ1) is 20.4. The van der Waals surface area contributed by atoms with Crippen LogP contribution in [0.5, 0.6) is 0 Å². The van der Waals surface area contributed by atoms with Crippen LogP contribution in [0.3, 0.4) is 0 Å². The minimum atomic E-state index is -0.444. The molecular formula is C24H32N2O2. The second-order valence-corrected chi connectivity index (χ2v) is 8.57. The molecule has 0 bridgehead atoms. The van der Waals surface area contributed by atoms with E-state index in [2.05, 4.69) is 65.6 Å². The molecule has 4 nitrogen and oxygen atoms in total. The van der Waals surface area contributed by atoms with Gasteiger partial charge in [-0.15, -0.1) is 0 Å². The van der Waals surface area contributed by atoms with Crippen LogP contribution < -0.4 is 0 Å². The summed E-state index contributed by atoms with van der Waals surface area (Å²) in [5.41, 5.74) is 2.21. The lowest BCUT2D eigenvalue weighted by molar-refractivity contribution is 0.0131. The molecule has 1 aliphatic heterocycles. The van der Waals surface area contributed by atoms with Crippen LogP contribution in [-0.2, 0) is 17.8 Å². The van der Waals surface area contributed by atoms with E-state index in [-0.39, 0.29) is 6.09 Å². The number of piperidine rings is 1. The Labute approximate surface area is 169 Å². The lowest BCUT2D eigenvalue weighted by Crippen LogP contribution is -2.47. The maximum Gasteiger partial charge on any atom is 0.410 e. The molecule has 150 valence electrons. The molecule has 2 aromatic carbocycles. The Morgan fingerprint density at radius 1 is 0.929 bits per heavy atom. The van der Waals surface area contributed by atoms with Crippen molar-refractivity contribution in [2.45, 2.75) is 58.3 Å². The maximum atomic E-state index is 12.4. The summed E-state index contributed by atoms with van der Waals surface area (Å²) in [6.07, 6.45) is 1.75. The predicted octanol–water partition coefficient (Wildman–Crippen LogP) is 5.09. The van der Waals surface area contributed by atoms with E-state index >= 15 is 0 Å². The molecule has 2 aromatic rings. The summed E-state index contributed by atoms with van der Waals surface area (Å²) in [6.45, 7) is 9.09. The van der Waals surface area contributed by atoms with Gasteiger partial charge in [-0.1, -0.05) is 60.7 Å². The highest BCUT2D eigenvalue weighted by atomic mass is 16.6. The standard InChI is InChI=1S/C24H32N2O2/c1-24(2,3)28-23(27)25-16-14-22(15-17-25)26(18-20-10-6-4-7-11-20)19-21-12-8-5-9-13-21/h4-13,22H,14-19H2,1-3H3. The Hall–Kier alpha value is -2.33. The first-order chi connectivity index (χ1) is 13.4. The number of benzene rings is 2. The van der Waals surface area contributed by atoms with Crippen molar-refractivity contribution in [3.05, 3.63) is 71.8 Å². The molecule has 0 N–H and O–H groups in total. The quantitative estimate of drug-likeness (QED) is 0.724. The minimum absolute atomic E-state index is 0.191. The zero-order chi connectivity index (χ0) is 20.0. The molecule has 1 amide bonds. The fraction of sp³-hybridized carbons (Fsp3) is 0.458. The molecule has 0 aliphatic carbocycles. The highest BCUT2D eigenvalue weighted by molar-refractivity contribution is 5.68. The molecule has 0 spiro atoms. The van der Waals surface area contributed by atoms with Crippen molar-refractivity contribution in [3.8, 4) is 0 Å². The topological polar surface area (TPSA) is 32.8 Å². The summed E-state index contributed by atoms with van der Waals surface area (Å²) < 4.78 is 5.54.